The van der Waals surface area contributed by atoms with E-state index in [0.717, 1.165) is 56.6 Å². The number of carbonyl (C=O) groups is 1. The van der Waals surface area contributed by atoms with Crippen molar-refractivity contribution >= 4 is 44.9 Å². The lowest BCUT2D eigenvalue weighted by Gasteiger charge is -2.35. The molecule has 0 radical (unpaired) electrons. The van der Waals surface area contributed by atoms with E-state index in [1.54, 1.807) is 11.7 Å². The molecule has 3 aliphatic heterocycles. The molecule has 0 spiro atoms. The number of thiophene rings is 1. The van der Waals surface area contributed by atoms with Crippen LogP contribution >= 0.6 is 23.1 Å². The quantitative estimate of drug-likeness (QED) is 0.137. The number of amides is 1. The molecule has 3 aromatic carbocycles. The van der Waals surface area contributed by atoms with Gasteiger partial charge >= 0.3 is 5.69 Å². The number of benzene rings is 3. The Bertz CT molecular complexity index is 2640. The van der Waals surface area contributed by atoms with Gasteiger partial charge in [-0.1, -0.05) is 54.5 Å². The molecule has 2 atom stereocenters. The molecule has 0 saturated carbocycles. The summed E-state index contributed by atoms with van der Waals surface area (Å²) in [5.41, 5.74) is 6.40. The number of aliphatic imine (C=N–C) groups is 1. The average Bonchev–Trinajstić information content (AvgIpc) is 3.93. The SMILES string of the molecule is CCOc1cc2c(cc1OC)C(c1ccc(C(=O)N3CCC(n4c(=O)c5sc(-c6ccccc6)cc5n(Cc5cc(CC)no5)c4=O)CC3)cc1)=N[C@@H]1CCSC[C@H]21. The van der Waals surface area contributed by atoms with Crippen LogP contribution in [-0.4, -0.2) is 75.2 Å². The van der Waals surface area contributed by atoms with Crippen LogP contribution in [0.25, 0.3) is 20.7 Å². The van der Waals surface area contributed by atoms with Crippen LogP contribution in [0.1, 0.15) is 83.6 Å². The lowest BCUT2D eigenvalue weighted by atomic mass is 9.81. The van der Waals surface area contributed by atoms with Crippen molar-refractivity contribution in [2.24, 2.45) is 4.99 Å². The number of carbonyl (C=O) groups excluding carboxylic acids is 1. The highest BCUT2D eigenvalue weighted by Crippen LogP contribution is 2.44. The smallest absolute Gasteiger partial charge is 0.332 e. The predicted octanol–water partition coefficient (Wildman–Crippen LogP) is 7.82. The normalized spacial score (nSPS) is 18.1. The van der Waals surface area contributed by atoms with Gasteiger partial charge in [0.15, 0.2) is 17.3 Å². The van der Waals surface area contributed by atoms with Gasteiger partial charge in [-0.05, 0) is 79.8 Å². The van der Waals surface area contributed by atoms with Gasteiger partial charge < -0.3 is 18.9 Å². The van der Waals surface area contributed by atoms with Gasteiger partial charge in [-0.25, -0.2) is 4.79 Å². The summed E-state index contributed by atoms with van der Waals surface area (Å²) >= 11 is 3.36. The van der Waals surface area contributed by atoms with Gasteiger partial charge in [-0.2, -0.15) is 11.8 Å². The second kappa shape index (κ2) is 16.1. The van der Waals surface area contributed by atoms with Crippen molar-refractivity contribution in [3.05, 3.63) is 133 Å². The minimum atomic E-state index is -0.387. The fourth-order valence-electron chi connectivity index (χ4n) is 8.58. The van der Waals surface area contributed by atoms with Crippen LogP contribution in [0.15, 0.2) is 98.0 Å². The van der Waals surface area contributed by atoms with E-state index in [1.165, 1.54) is 21.5 Å². The molecule has 58 heavy (non-hydrogen) atoms. The fourth-order valence-corrected chi connectivity index (χ4v) is 10.9. The highest BCUT2D eigenvalue weighted by Gasteiger charge is 2.35. The van der Waals surface area contributed by atoms with Crippen molar-refractivity contribution in [1.29, 1.82) is 0 Å². The highest BCUT2D eigenvalue weighted by molar-refractivity contribution is 7.99. The zero-order chi connectivity index (χ0) is 39.9. The number of aromatic nitrogens is 3. The molecule has 0 aliphatic carbocycles. The molecule has 3 aromatic heterocycles. The van der Waals surface area contributed by atoms with Crippen LogP contribution in [0.5, 0.6) is 11.5 Å². The minimum Gasteiger partial charge on any atom is -0.493 e. The zero-order valence-electron chi connectivity index (χ0n) is 32.8. The van der Waals surface area contributed by atoms with E-state index in [1.807, 2.05) is 103 Å². The van der Waals surface area contributed by atoms with E-state index in [9.17, 15) is 14.4 Å². The molecule has 298 valence electrons. The molecule has 6 heterocycles. The first-order chi connectivity index (χ1) is 28.3. The number of hydrogen-bond acceptors (Lipinski definition) is 10. The summed E-state index contributed by atoms with van der Waals surface area (Å²) in [7, 11) is 1.66. The summed E-state index contributed by atoms with van der Waals surface area (Å²) < 4.78 is 20.9. The van der Waals surface area contributed by atoms with E-state index in [-0.39, 0.29) is 35.8 Å². The largest absolute Gasteiger partial charge is 0.493 e. The molecule has 0 N–H and O–H groups in total. The number of methoxy groups -OCH3 is 1. The second-order valence-electron chi connectivity index (χ2n) is 15.0. The van der Waals surface area contributed by atoms with Gasteiger partial charge in [0, 0.05) is 58.4 Å². The van der Waals surface area contributed by atoms with Gasteiger partial charge in [-0.15, -0.1) is 11.3 Å². The summed E-state index contributed by atoms with van der Waals surface area (Å²) in [5, 5.41) is 4.13. The topological polar surface area (TPSA) is 121 Å². The number of nitrogens with zero attached hydrogens (tertiary/aromatic N) is 5. The van der Waals surface area contributed by atoms with Gasteiger partial charge in [0.05, 0.1) is 43.2 Å². The molecule has 2 saturated heterocycles. The number of rotatable bonds is 10. The number of ether oxygens (including phenoxy) is 2. The monoisotopic (exact) mass is 815 g/mol. The first-order valence-electron chi connectivity index (χ1n) is 20.0. The molecule has 3 aliphatic rings. The van der Waals surface area contributed by atoms with Crippen LogP contribution in [0, 0.1) is 0 Å². The van der Waals surface area contributed by atoms with E-state index in [0.29, 0.717) is 72.2 Å². The van der Waals surface area contributed by atoms with Gasteiger partial charge in [0.1, 0.15) is 4.70 Å². The Morgan fingerprint density at radius 1 is 0.931 bits per heavy atom. The van der Waals surface area contributed by atoms with Crippen molar-refractivity contribution < 1.29 is 18.8 Å². The zero-order valence-corrected chi connectivity index (χ0v) is 34.4. The Balaban J connectivity index is 0.967. The first-order valence-corrected chi connectivity index (χ1v) is 22.0. The average molecular weight is 816 g/mol. The maximum absolute atomic E-state index is 14.3. The third-order valence-electron chi connectivity index (χ3n) is 11.6. The van der Waals surface area contributed by atoms with Crippen molar-refractivity contribution in [1.82, 2.24) is 19.2 Å². The molecule has 2 fully saturated rings. The lowest BCUT2D eigenvalue weighted by Crippen LogP contribution is -2.46. The molecule has 11 nitrogen and oxygen atoms in total. The third kappa shape index (κ3) is 6.97. The Labute approximate surface area is 344 Å². The molecule has 1 amide bonds. The van der Waals surface area contributed by atoms with Crippen LogP contribution in [0.3, 0.4) is 0 Å². The summed E-state index contributed by atoms with van der Waals surface area (Å²) in [4.78, 5) is 50.5. The Kier molecular flexibility index (Phi) is 10.6. The number of hydrogen-bond donors (Lipinski definition) is 0. The molecule has 13 heteroatoms. The van der Waals surface area contributed by atoms with E-state index in [2.05, 4.69) is 11.2 Å². The highest BCUT2D eigenvalue weighted by atomic mass is 32.2. The Morgan fingerprint density at radius 3 is 2.45 bits per heavy atom. The number of likely N-dealkylation sites (tertiary alicyclic amines) is 1. The van der Waals surface area contributed by atoms with Crippen LogP contribution in [0.2, 0.25) is 0 Å². The number of fused-ring (bicyclic) bond motifs is 4. The third-order valence-corrected chi connectivity index (χ3v) is 13.9. The van der Waals surface area contributed by atoms with Gasteiger partial charge in [0.2, 0.25) is 0 Å². The standard InChI is InChI=1S/C45H45N5O6S2/c1-4-30-21-32(56-47-30)25-49-37-24-40(27-9-7-6-8-10-27)58-42(37)44(52)50(45(49)53)31-15-18-48(19-16-31)43(51)29-13-11-28(12-14-29)41-34-23-38(54-3)39(55-5-2)22-33(34)35-26-57-20-17-36(35)46-41/h6-14,21-24,31,35-36H,4-5,15-20,25-26H2,1-3H3/t35-,36-/m1/s1. The van der Waals surface area contributed by atoms with E-state index in [4.69, 9.17) is 19.0 Å². The minimum absolute atomic E-state index is 0.0774. The second-order valence-corrected chi connectivity index (χ2v) is 17.2. The van der Waals surface area contributed by atoms with Crippen molar-refractivity contribution in [3.63, 3.8) is 0 Å². The first kappa shape index (κ1) is 38.1. The fraction of sp³-hybridized carbons (Fsp3) is 0.356. The van der Waals surface area contributed by atoms with Crippen molar-refractivity contribution in [2.45, 2.75) is 64.1 Å². The van der Waals surface area contributed by atoms with Crippen LogP contribution in [-0.2, 0) is 13.0 Å². The Hall–Kier alpha value is -5.40. The van der Waals surface area contributed by atoms with E-state index >= 15 is 0 Å². The van der Waals surface area contributed by atoms with Gasteiger partial charge in [-0.3, -0.25) is 23.7 Å². The Morgan fingerprint density at radius 2 is 1.72 bits per heavy atom. The summed E-state index contributed by atoms with van der Waals surface area (Å²) in [6.07, 6.45) is 2.67. The molecular weight excluding hydrogens is 771 g/mol. The van der Waals surface area contributed by atoms with Crippen molar-refractivity contribution in [3.8, 4) is 21.9 Å². The number of piperidine rings is 1. The van der Waals surface area contributed by atoms with E-state index < -0.39 is 0 Å². The summed E-state index contributed by atoms with van der Waals surface area (Å²) in [6, 6.07) is 25.4. The van der Waals surface area contributed by atoms with Crippen molar-refractivity contribution in [2.75, 3.05) is 38.3 Å². The lowest BCUT2D eigenvalue weighted by molar-refractivity contribution is 0.0691. The maximum atomic E-state index is 14.3. The molecule has 0 unspecified atom stereocenters. The number of aryl methyl sites for hydroxylation is 1. The molecule has 9 rings (SSSR count). The molecule has 0 bridgehead atoms. The maximum Gasteiger partial charge on any atom is 0.332 e. The van der Waals surface area contributed by atoms with Gasteiger partial charge in [0.25, 0.3) is 11.5 Å². The predicted molar refractivity (Wildman–Crippen MR) is 230 cm³/mol. The molecule has 6 aromatic rings. The summed E-state index contributed by atoms with van der Waals surface area (Å²) in [5.74, 6) is 4.31. The van der Waals surface area contributed by atoms with Crippen LogP contribution in [0.4, 0.5) is 0 Å². The number of thioether (sulfide) groups is 1. The summed E-state index contributed by atoms with van der Waals surface area (Å²) in [6.45, 7) is 5.51. The van der Waals surface area contributed by atoms with Crippen LogP contribution < -0.4 is 20.7 Å². The molecular formula is C45H45N5O6S2.